The third-order valence-corrected chi connectivity index (χ3v) is 5.66. The Morgan fingerprint density at radius 1 is 1.03 bits per heavy atom. The molecule has 9 heteroatoms. The summed E-state index contributed by atoms with van der Waals surface area (Å²) in [4.78, 5) is 10.3. The summed E-state index contributed by atoms with van der Waals surface area (Å²) < 4.78 is 10.9. The van der Waals surface area contributed by atoms with Crippen LogP contribution < -0.4 is 14.4 Å². The van der Waals surface area contributed by atoms with Crippen molar-refractivity contribution >= 4 is 40.4 Å². The van der Waals surface area contributed by atoms with Gasteiger partial charge in [-0.2, -0.15) is 10.4 Å². The lowest BCUT2D eigenvalue weighted by Gasteiger charge is -2.22. The average molecular weight is 491 g/mol. The van der Waals surface area contributed by atoms with Crippen LogP contribution in [0.25, 0.3) is 21.9 Å². The number of ether oxygens (including phenoxy) is 2. The minimum Gasteiger partial charge on any atom is -0.497 e. The summed E-state index contributed by atoms with van der Waals surface area (Å²) in [5, 5.41) is 27.7. The maximum atomic E-state index is 9.53. The summed E-state index contributed by atoms with van der Waals surface area (Å²) in [5.74, 6) is 2.06. The topological polar surface area (TPSA) is 109 Å². The van der Waals surface area contributed by atoms with Gasteiger partial charge in [0.15, 0.2) is 5.82 Å². The first-order valence-corrected chi connectivity index (χ1v) is 10.8. The molecule has 0 unspecified atom stereocenters. The summed E-state index contributed by atoms with van der Waals surface area (Å²) in [5.41, 5.74) is 3.86. The van der Waals surface area contributed by atoms with Gasteiger partial charge in [0.2, 0.25) is 0 Å². The zero-order chi connectivity index (χ0) is 25.5. The highest BCUT2D eigenvalue weighted by Gasteiger charge is 2.17. The first-order valence-electron chi connectivity index (χ1n) is 10.4. The van der Waals surface area contributed by atoms with E-state index < -0.39 is 0 Å². The zero-order valence-electron chi connectivity index (χ0n) is 19.6. The third kappa shape index (κ3) is 5.26. The average Bonchev–Trinajstić information content (AvgIpc) is 2.88. The maximum Gasteiger partial charge on any atom is 0.290 e. The predicted molar refractivity (Wildman–Crippen MR) is 136 cm³/mol. The summed E-state index contributed by atoms with van der Waals surface area (Å²) in [6, 6.07) is 19.1. The Morgan fingerprint density at radius 2 is 1.77 bits per heavy atom. The standard InChI is InChI=1S/C25H21ClN4O2.CH2O2/c1-15-21-11-16(22-12-18(26)7-5-17(22)14-27)6-9-20(21)25(29-28-15)30(2)23-10-8-19(31-3)13-24(23)32-4;2-1-3/h5-13H,1-4H3;1H,(H,2,3). The van der Waals surface area contributed by atoms with E-state index in [1.807, 2.05) is 55.3 Å². The number of carboxylic acid groups (broad SMARTS) is 1. The van der Waals surface area contributed by atoms with Crippen LogP contribution in [0.15, 0.2) is 54.6 Å². The fraction of sp³-hybridized carbons (Fsp3) is 0.154. The fourth-order valence-corrected chi connectivity index (χ4v) is 3.88. The predicted octanol–water partition coefficient (Wildman–Crippen LogP) is 5.62. The van der Waals surface area contributed by atoms with Crippen molar-refractivity contribution < 1.29 is 19.4 Å². The normalized spacial score (nSPS) is 10.1. The Morgan fingerprint density at radius 3 is 2.43 bits per heavy atom. The molecule has 0 atom stereocenters. The largest absolute Gasteiger partial charge is 0.497 e. The number of halogens is 1. The molecule has 0 saturated heterocycles. The number of hydrogen-bond acceptors (Lipinski definition) is 7. The van der Waals surface area contributed by atoms with Crippen LogP contribution in [-0.2, 0) is 4.79 Å². The summed E-state index contributed by atoms with van der Waals surface area (Å²) in [6.07, 6.45) is 0. The molecule has 8 nitrogen and oxygen atoms in total. The summed E-state index contributed by atoms with van der Waals surface area (Å²) in [6.45, 7) is 1.67. The molecule has 0 bridgehead atoms. The minimum atomic E-state index is -0.250. The van der Waals surface area contributed by atoms with E-state index in [0.29, 0.717) is 27.9 Å². The molecule has 4 rings (SSSR count). The third-order valence-electron chi connectivity index (χ3n) is 5.42. The van der Waals surface area contributed by atoms with Crippen molar-refractivity contribution in [3.05, 3.63) is 70.9 Å². The SMILES string of the molecule is COc1ccc(N(C)c2nnc(C)c3cc(-c4cc(Cl)ccc4C#N)ccc23)c(OC)c1.O=CO. The Balaban J connectivity index is 0.00000108. The van der Waals surface area contributed by atoms with E-state index in [9.17, 15) is 5.26 Å². The van der Waals surface area contributed by atoms with Gasteiger partial charge in [0.25, 0.3) is 6.47 Å². The molecular weight excluding hydrogens is 468 g/mol. The summed E-state index contributed by atoms with van der Waals surface area (Å²) >= 11 is 6.20. The molecular formula is C26H23ClN4O4. The van der Waals surface area contributed by atoms with E-state index in [2.05, 4.69) is 16.3 Å². The number of nitrogens with zero attached hydrogens (tertiary/aromatic N) is 4. The van der Waals surface area contributed by atoms with Gasteiger partial charge >= 0.3 is 0 Å². The number of anilines is 2. The molecule has 0 fully saturated rings. The zero-order valence-corrected chi connectivity index (χ0v) is 20.4. The molecule has 1 N–H and O–H groups in total. The Kier molecular flexibility index (Phi) is 8.08. The second kappa shape index (κ2) is 11.2. The van der Waals surface area contributed by atoms with Gasteiger partial charge in [0.05, 0.1) is 37.2 Å². The Hall–Kier alpha value is -4.35. The van der Waals surface area contributed by atoms with Crippen LogP contribution in [0.1, 0.15) is 11.3 Å². The molecule has 0 amide bonds. The first-order chi connectivity index (χ1) is 16.9. The van der Waals surface area contributed by atoms with Crippen LogP contribution in [-0.4, -0.2) is 43.0 Å². The molecule has 0 saturated carbocycles. The number of rotatable bonds is 5. The molecule has 0 aliphatic heterocycles. The molecule has 178 valence electrons. The highest BCUT2D eigenvalue weighted by atomic mass is 35.5. The first kappa shape index (κ1) is 25.3. The summed E-state index contributed by atoms with van der Waals surface area (Å²) in [7, 11) is 5.16. The van der Waals surface area contributed by atoms with Crippen molar-refractivity contribution in [1.82, 2.24) is 10.2 Å². The number of aromatic nitrogens is 2. The van der Waals surface area contributed by atoms with Gasteiger partial charge < -0.3 is 19.5 Å². The Bertz CT molecular complexity index is 1420. The van der Waals surface area contributed by atoms with Gasteiger partial charge in [-0.3, -0.25) is 4.79 Å². The van der Waals surface area contributed by atoms with Gasteiger partial charge in [-0.1, -0.05) is 17.7 Å². The number of methoxy groups -OCH3 is 2. The highest BCUT2D eigenvalue weighted by Crippen LogP contribution is 2.38. The van der Waals surface area contributed by atoms with Crippen molar-refractivity contribution in [2.75, 3.05) is 26.2 Å². The number of hydrogen-bond donors (Lipinski definition) is 1. The molecule has 4 aromatic rings. The van der Waals surface area contributed by atoms with Crippen molar-refractivity contribution in [2.24, 2.45) is 0 Å². The van der Waals surface area contributed by atoms with Crippen LogP contribution in [0.4, 0.5) is 11.5 Å². The lowest BCUT2D eigenvalue weighted by Crippen LogP contribution is -2.14. The lowest BCUT2D eigenvalue weighted by molar-refractivity contribution is -0.122. The van der Waals surface area contributed by atoms with E-state index in [-0.39, 0.29) is 6.47 Å². The maximum absolute atomic E-state index is 9.53. The van der Waals surface area contributed by atoms with E-state index in [4.69, 9.17) is 31.0 Å². The van der Waals surface area contributed by atoms with Gasteiger partial charge in [-0.05, 0) is 55.0 Å². The van der Waals surface area contributed by atoms with Gasteiger partial charge in [-0.25, -0.2) is 0 Å². The van der Waals surface area contributed by atoms with Gasteiger partial charge in [0, 0.05) is 34.5 Å². The lowest BCUT2D eigenvalue weighted by atomic mass is 9.97. The Labute approximate surface area is 207 Å². The highest BCUT2D eigenvalue weighted by molar-refractivity contribution is 6.31. The smallest absolute Gasteiger partial charge is 0.290 e. The fourth-order valence-electron chi connectivity index (χ4n) is 3.71. The van der Waals surface area contributed by atoms with Crippen LogP contribution in [0.3, 0.4) is 0 Å². The molecule has 0 aliphatic rings. The molecule has 1 heterocycles. The minimum absolute atomic E-state index is 0.250. The number of fused-ring (bicyclic) bond motifs is 1. The number of aryl methyl sites for hydroxylation is 1. The van der Waals surface area contributed by atoms with Crippen molar-refractivity contribution in [2.45, 2.75) is 6.92 Å². The van der Waals surface area contributed by atoms with Crippen molar-refractivity contribution in [3.63, 3.8) is 0 Å². The molecule has 35 heavy (non-hydrogen) atoms. The number of benzene rings is 3. The number of nitriles is 1. The monoisotopic (exact) mass is 490 g/mol. The molecule has 0 radical (unpaired) electrons. The van der Waals surface area contributed by atoms with Crippen molar-refractivity contribution in [3.8, 4) is 28.7 Å². The van der Waals surface area contributed by atoms with Crippen molar-refractivity contribution in [1.29, 1.82) is 5.26 Å². The quantitative estimate of drug-likeness (QED) is 0.359. The van der Waals surface area contributed by atoms with E-state index in [1.165, 1.54) is 0 Å². The van der Waals surface area contributed by atoms with Crippen LogP contribution in [0.5, 0.6) is 11.5 Å². The van der Waals surface area contributed by atoms with E-state index in [1.54, 1.807) is 32.4 Å². The van der Waals surface area contributed by atoms with Crippen LogP contribution in [0, 0.1) is 18.3 Å². The molecule has 0 spiro atoms. The second-order valence-electron chi connectivity index (χ2n) is 7.37. The van der Waals surface area contributed by atoms with E-state index in [0.717, 1.165) is 33.3 Å². The molecule has 3 aromatic carbocycles. The molecule has 1 aromatic heterocycles. The van der Waals surface area contributed by atoms with Crippen LogP contribution in [0.2, 0.25) is 5.02 Å². The van der Waals surface area contributed by atoms with E-state index >= 15 is 0 Å². The second-order valence-corrected chi connectivity index (χ2v) is 7.81. The van der Waals surface area contributed by atoms with Crippen LogP contribution >= 0.6 is 11.6 Å². The molecule has 0 aliphatic carbocycles. The number of carbonyl (C=O) groups is 1. The van der Waals surface area contributed by atoms with Gasteiger partial charge in [-0.15, -0.1) is 5.10 Å². The van der Waals surface area contributed by atoms with Gasteiger partial charge in [0.1, 0.15) is 11.5 Å².